The molecule has 0 atom stereocenters. The zero-order valence-corrected chi connectivity index (χ0v) is 15.8. The van der Waals surface area contributed by atoms with Gasteiger partial charge < -0.3 is 10.1 Å². The van der Waals surface area contributed by atoms with E-state index in [2.05, 4.69) is 25.6 Å². The van der Waals surface area contributed by atoms with Gasteiger partial charge in [0.15, 0.2) is 11.2 Å². The molecule has 1 aromatic carbocycles. The second kappa shape index (κ2) is 8.78. The number of halogens is 1. The number of nitrogens with one attached hydrogen (secondary N) is 1. The monoisotopic (exact) mass is 406 g/mol. The zero-order chi connectivity index (χ0) is 19.2. The maximum absolute atomic E-state index is 11.9. The van der Waals surface area contributed by atoms with Crippen molar-refractivity contribution in [2.75, 3.05) is 18.9 Å². The van der Waals surface area contributed by atoms with Crippen LogP contribution in [0.5, 0.6) is 0 Å². The molecule has 3 rings (SSSR count). The molecule has 3 aromatic rings. The van der Waals surface area contributed by atoms with E-state index in [9.17, 15) is 9.59 Å². The summed E-state index contributed by atoms with van der Waals surface area (Å²) in [5, 5.41) is 11.8. The number of aromatic nitrogens is 5. The van der Waals surface area contributed by atoms with Crippen molar-refractivity contribution in [2.24, 2.45) is 0 Å². The molecular weight excluding hydrogens is 392 g/mol. The third-order valence-corrected chi connectivity index (χ3v) is 4.55. The normalized spacial score (nSPS) is 10.7. The number of carbonyl (C=O) groups is 2. The van der Waals surface area contributed by atoms with Crippen molar-refractivity contribution in [3.63, 3.8) is 0 Å². The summed E-state index contributed by atoms with van der Waals surface area (Å²) in [6.45, 7) is 1.80. The summed E-state index contributed by atoms with van der Waals surface area (Å²) >= 11 is 7.20. The van der Waals surface area contributed by atoms with E-state index < -0.39 is 5.97 Å². The Morgan fingerprint density at radius 1 is 1.33 bits per heavy atom. The first-order valence-corrected chi connectivity index (χ1v) is 9.32. The number of thioether (sulfide) groups is 1. The van der Waals surface area contributed by atoms with Gasteiger partial charge in [0.25, 0.3) is 0 Å². The molecule has 0 saturated carbocycles. The molecule has 11 heteroatoms. The second-order valence-corrected chi connectivity index (χ2v) is 6.60. The lowest BCUT2D eigenvalue weighted by molar-refractivity contribution is -0.143. The SMILES string of the molecule is CCOC(=O)CNC(=O)CSc1ncnc2c1nnn2-c1cccc(Cl)c1. The molecule has 0 aliphatic rings. The number of hydrogen-bond donors (Lipinski definition) is 1. The molecule has 27 heavy (non-hydrogen) atoms. The summed E-state index contributed by atoms with van der Waals surface area (Å²) in [5.41, 5.74) is 1.69. The van der Waals surface area contributed by atoms with Crippen LogP contribution < -0.4 is 5.32 Å². The highest BCUT2D eigenvalue weighted by Crippen LogP contribution is 2.24. The van der Waals surface area contributed by atoms with Crippen molar-refractivity contribution in [1.82, 2.24) is 30.3 Å². The Morgan fingerprint density at radius 3 is 2.96 bits per heavy atom. The van der Waals surface area contributed by atoms with Crippen molar-refractivity contribution in [2.45, 2.75) is 11.9 Å². The molecule has 0 spiro atoms. The van der Waals surface area contributed by atoms with Gasteiger partial charge in [-0.15, -0.1) is 5.10 Å². The predicted octanol–water partition coefficient (Wildman–Crippen LogP) is 1.64. The highest BCUT2D eigenvalue weighted by molar-refractivity contribution is 8.00. The van der Waals surface area contributed by atoms with E-state index in [1.807, 2.05) is 6.07 Å². The fourth-order valence-corrected chi connectivity index (χ4v) is 3.13. The Hall–Kier alpha value is -2.72. The van der Waals surface area contributed by atoms with Crippen LogP contribution in [0, 0.1) is 0 Å². The van der Waals surface area contributed by atoms with Crippen LogP contribution in [-0.4, -0.2) is 55.7 Å². The zero-order valence-electron chi connectivity index (χ0n) is 14.3. The number of hydrogen-bond acceptors (Lipinski definition) is 8. The van der Waals surface area contributed by atoms with Crippen LogP contribution in [0.15, 0.2) is 35.6 Å². The van der Waals surface area contributed by atoms with Crippen molar-refractivity contribution >= 4 is 46.4 Å². The topological polar surface area (TPSA) is 112 Å². The number of carbonyl (C=O) groups excluding carboxylic acids is 2. The van der Waals surface area contributed by atoms with E-state index in [4.69, 9.17) is 16.3 Å². The third kappa shape index (κ3) is 4.72. The lowest BCUT2D eigenvalue weighted by atomic mass is 10.3. The van der Waals surface area contributed by atoms with Crippen molar-refractivity contribution in [1.29, 1.82) is 0 Å². The van der Waals surface area contributed by atoms with E-state index in [1.54, 1.807) is 29.8 Å². The average Bonchev–Trinajstić information content (AvgIpc) is 3.09. The number of fused-ring (bicyclic) bond motifs is 1. The number of ether oxygens (including phenoxy) is 1. The van der Waals surface area contributed by atoms with Crippen LogP contribution in [0.2, 0.25) is 5.02 Å². The molecule has 9 nitrogen and oxygen atoms in total. The number of esters is 1. The van der Waals surface area contributed by atoms with Crippen LogP contribution in [0.3, 0.4) is 0 Å². The first kappa shape index (κ1) is 19.1. The van der Waals surface area contributed by atoms with E-state index in [0.717, 1.165) is 0 Å². The van der Waals surface area contributed by atoms with Crippen LogP contribution in [0.1, 0.15) is 6.92 Å². The van der Waals surface area contributed by atoms with Gasteiger partial charge in [-0.05, 0) is 25.1 Å². The maximum atomic E-state index is 11.9. The summed E-state index contributed by atoms with van der Waals surface area (Å²) in [6, 6.07) is 7.14. The number of rotatable bonds is 7. The molecule has 0 aliphatic carbocycles. The lowest BCUT2D eigenvalue weighted by Gasteiger charge is -2.05. The van der Waals surface area contributed by atoms with E-state index in [0.29, 0.717) is 26.9 Å². The third-order valence-electron chi connectivity index (χ3n) is 3.33. The molecule has 0 unspecified atom stereocenters. The molecule has 1 amide bonds. The minimum Gasteiger partial charge on any atom is -0.465 e. The smallest absolute Gasteiger partial charge is 0.325 e. The number of amides is 1. The molecule has 2 heterocycles. The minimum absolute atomic E-state index is 0.0650. The fourth-order valence-electron chi connectivity index (χ4n) is 2.18. The summed E-state index contributed by atoms with van der Waals surface area (Å²) in [5.74, 6) is -0.734. The predicted molar refractivity (Wildman–Crippen MR) is 99.8 cm³/mol. The molecule has 1 N–H and O–H groups in total. The van der Waals surface area contributed by atoms with Gasteiger partial charge in [-0.1, -0.05) is 34.6 Å². The number of benzene rings is 1. The van der Waals surface area contributed by atoms with E-state index >= 15 is 0 Å². The van der Waals surface area contributed by atoms with Crippen LogP contribution in [0.25, 0.3) is 16.9 Å². The average molecular weight is 407 g/mol. The van der Waals surface area contributed by atoms with Crippen LogP contribution >= 0.6 is 23.4 Å². The molecule has 0 fully saturated rings. The lowest BCUT2D eigenvalue weighted by Crippen LogP contribution is -2.31. The first-order chi connectivity index (χ1) is 13.1. The second-order valence-electron chi connectivity index (χ2n) is 5.20. The Kier molecular flexibility index (Phi) is 6.20. The molecule has 140 valence electrons. The van der Waals surface area contributed by atoms with Gasteiger partial charge in [-0.25, -0.2) is 9.97 Å². The summed E-state index contributed by atoms with van der Waals surface area (Å²) in [7, 11) is 0. The van der Waals surface area contributed by atoms with Gasteiger partial charge in [0.1, 0.15) is 17.9 Å². The molecule has 0 aliphatic heterocycles. The molecule has 0 radical (unpaired) electrons. The van der Waals surface area contributed by atoms with Crippen LogP contribution in [-0.2, 0) is 14.3 Å². The molecule has 0 bridgehead atoms. The Morgan fingerprint density at radius 2 is 2.19 bits per heavy atom. The van der Waals surface area contributed by atoms with Crippen LogP contribution in [0.4, 0.5) is 0 Å². The summed E-state index contributed by atoms with van der Waals surface area (Å²) in [6.07, 6.45) is 1.38. The Balaban J connectivity index is 1.71. The number of nitrogens with zero attached hydrogens (tertiary/aromatic N) is 5. The van der Waals surface area contributed by atoms with Crippen molar-refractivity contribution in [3.8, 4) is 5.69 Å². The van der Waals surface area contributed by atoms with Crippen molar-refractivity contribution < 1.29 is 14.3 Å². The summed E-state index contributed by atoms with van der Waals surface area (Å²) in [4.78, 5) is 31.5. The van der Waals surface area contributed by atoms with Crippen molar-refractivity contribution in [3.05, 3.63) is 35.6 Å². The molecular formula is C16H15ClN6O3S. The van der Waals surface area contributed by atoms with E-state index in [-0.39, 0.29) is 24.8 Å². The highest BCUT2D eigenvalue weighted by Gasteiger charge is 2.15. The Bertz CT molecular complexity index is 980. The fraction of sp³-hybridized carbons (Fsp3) is 0.250. The van der Waals surface area contributed by atoms with E-state index in [1.165, 1.54) is 18.1 Å². The minimum atomic E-state index is -0.482. The quantitative estimate of drug-likeness (QED) is 0.358. The Labute approximate surface area is 163 Å². The highest BCUT2D eigenvalue weighted by atomic mass is 35.5. The molecule has 0 saturated heterocycles. The largest absolute Gasteiger partial charge is 0.465 e. The van der Waals surface area contributed by atoms with Gasteiger partial charge in [-0.3, -0.25) is 9.59 Å². The molecule has 2 aromatic heterocycles. The van der Waals surface area contributed by atoms with Gasteiger partial charge in [0.2, 0.25) is 5.91 Å². The standard InChI is InChI=1S/C16H15ClN6O3S/c1-2-26-13(25)7-18-12(24)8-27-16-14-15(19-9-20-16)23(22-21-14)11-5-3-4-10(17)6-11/h3-6,9H,2,7-8H2,1H3,(H,18,24). The van der Waals surface area contributed by atoms with Gasteiger partial charge >= 0.3 is 5.97 Å². The first-order valence-electron chi connectivity index (χ1n) is 7.96. The van der Waals surface area contributed by atoms with Gasteiger partial charge in [0.05, 0.1) is 18.0 Å². The van der Waals surface area contributed by atoms with Gasteiger partial charge in [0, 0.05) is 5.02 Å². The summed E-state index contributed by atoms with van der Waals surface area (Å²) < 4.78 is 6.30. The maximum Gasteiger partial charge on any atom is 0.325 e. The van der Waals surface area contributed by atoms with Gasteiger partial charge in [-0.2, -0.15) is 4.68 Å².